The Morgan fingerprint density at radius 1 is 1.21 bits per heavy atom. The van der Waals surface area contributed by atoms with Crippen molar-refractivity contribution in [1.29, 1.82) is 0 Å². The van der Waals surface area contributed by atoms with E-state index in [2.05, 4.69) is 33.3 Å². The van der Waals surface area contributed by atoms with Crippen LogP contribution in [0.5, 0.6) is 0 Å². The van der Waals surface area contributed by atoms with Crippen LogP contribution in [0.2, 0.25) is 0 Å². The van der Waals surface area contributed by atoms with Crippen LogP contribution in [0.1, 0.15) is 29.2 Å². The fourth-order valence-electron chi connectivity index (χ4n) is 3.66. The number of nitrogens with one attached hydrogen (secondary N) is 1. The van der Waals surface area contributed by atoms with E-state index in [4.69, 9.17) is 0 Å². The molecule has 0 spiro atoms. The molecule has 0 saturated carbocycles. The molecule has 1 N–H and O–H groups in total. The lowest BCUT2D eigenvalue weighted by atomic mass is 10.1. The summed E-state index contributed by atoms with van der Waals surface area (Å²) < 4.78 is 5.13. The van der Waals surface area contributed by atoms with Crippen LogP contribution in [0.15, 0.2) is 72.2 Å². The summed E-state index contributed by atoms with van der Waals surface area (Å²) in [6.07, 6.45) is 12.8. The van der Waals surface area contributed by atoms with E-state index in [1.165, 1.54) is 5.56 Å². The first-order chi connectivity index (χ1) is 16.5. The van der Waals surface area contributed by atoms with E-state index in [1.54, 1.807) is 41.3 Å². The second-order valence-electron chi connectivity index (χ2n) is 8.20. The molecule has 0 aliphatic carbocycles. The maximum Gasteiger partial charge on any atom is 0.195 e. The summed E-state index contributed by atoms with van der Waals surface area (Å²) in [7, 11) is 1.87. The molecule has 0 saturated heterocycles. The molecule has 0 fully saturated rings. The number of aryl methyl sites for hydroxylation is 2. The van der Waals surface area contributed by atoms with Crippen molar-refractivity contribution in [3.05, 3.63) is 99.9 Å². The molecule has 3 aromatic heterocycles. The van der Waals surface area contributed by atoms with Crippen molar-refractivity contribution in [2.75, 3.05) is 5.75 Å². The highest BCUT2D eigenvalue weighted by Gasteiger charge is 2.10. The zero-order valence-corrected chi connectivity index (χ0v) is 20.4. The van der Waals surface area contributed by atoms with E-state index >= 15 is 0 Å². The standard InChI is InChI=1S/C27H27N5OS/c1-5-20-6-7-26-25(11-22(13-29-26)23-14-30-32(4)16-23)27(33)24(20)10-18(2)17-34-31-15-21-8-9-28-12-19(21)3/h5-14,16,31H,1,15,17H2,2-4H3/b18-10+. The normalized spacial score (nSPS) is 11.7. The summed E-state index contributed by atoms with van der Waals surface area (Å²) in [5.74, 6) is 0.746. The van der Waals surface area contributed by atoms with Gasteiger partial charge in [-0.15, -0.1) is 0 Å². The highest BCUT2D eigenvalue weighted by Crippen LogP contribution is 2.22. The van der Waals surface area contributed by atoms with Crippen LogP contribution in [-0.4, -0.2) is 25.5 Å². The molecule has 0 aliphatic rings. The first-order valence-electron chi connectivity index (χ1n) is 11.0. The van der Waals surface area contributed by atoms with Crippen LogP contribution in [0.3, 0.4) is 0 Å². The Morgan fingerprint density at radius 2 is 2.06 bits per heavy atom. The van der Waals surface area contributed by atoms with Crippen molar-refractivity contribution in [3.63, 3.8) is 0 Å². The number of hydrogen-bond donors (Lipinski definition) is 1. The second kappa shape index (κ2) is 10.6. The lowest BCUT2D eigenvalue weighted by molar-refractivity contribution is 0.768. The third kappa shape index (κ3) is 5.32. The van der Waals surface area contributed by atoms with Crippen molar-refractivity contribution in [1.82, 2.24) is 24.5 Å². The minimum absolute atomic E-state index is 0.0575. The van der Waals surface area contributed by atoms with Gasteiger partial charge in [-0.2, -0.15) is 5.10 Å². The largest absolute Gasteiger partial charge is 0.289 e. The predicted molar refractivity (Wildman–Crippen MR) is 142 cm³/mol. The average molecular weight is 470 g/mol. The van der Waals surface area contributed by atoms with E-state index in [0.29, 0.717) is 16.5 Å². The molecule has 0 amide bonds. The van der Waals surface area contributed by atoms with Crippen molar-refractivity contribution < 1.29 is 0 Å². The molecule has 0 unspecified atom stereocenters. The van der Waals surface area contributed by atoms with Crippen LogP contribution in [0, 0.1) is 6.92 Å². The summed E-state index contributed by atoms with van der Waals surface area (Å²) in [5.41, 5.74) is 7.26. The maximum atomic E-state index is 13.6. The molecular weight excluding hydrogens is 442 g/mol. The van der Waals surface area contributed by atoms with Crippen LogP contribution < -0.4 is 10.2 Å². The lowest BCUT2D eigenvalue weighted by Gasteiger charge is -2.07. The van der Waals surface area contributed by atoms with Gasteiger partial charge in [0.25, 0.3) is 0 Å². The average Bonchev–Trinajstić information content (AvgIpc) is 3.23. The summed E-state index contributed by atoms with van der Waals surface area (Å²) >= 11 is 1.62. The third-order valence-electron chi connectivity index (χ3n) is 5.59. The van der Waals surface area contributed by atoms with Gasteiger partial charge in [-0.1, -0.05) is 42.3 Å². The number of rotatable bonds is 8. The van der Waals surface area contributed by atoms with Crippen LogP contribution >= 0.6 is 11.9 Å². The Morgan fingerprint density at radius 3 is 2.79 bits per heavy atom. The van der Waals surface area contributed by atoms with Crippen molar-refractivity contribution >= 4 is 35.0 Å². The molecule has 7 heteroatoms. The number of nitrogens with zero attached hydrogens (tertiary/aromatic N) is 4. The Bertz CT molecular complexity index is 1440. The highest BCUT2D eigenvalue weighted by molar-refractivity contribution is 7.97. The third-order valence-corrected chi connectivity index (χ3v) is 6.54. The Kier molecular flexibility index (Phi) is 7.35. The monoisotopic (exact) mass is 469 g/mol. The van der Waals surface area contributed by atoms with Gasteiger partial charge in [0, 0.05) is 66.2 Å². The molecule has 4 aromatic rings. The predicted octanol–water partition coefficient (Wildman–Crippen LogP) is 5.18. The second-order valence-corrected chi connectivity index (χ2v) is 9.06. The highest BCUT2D eigenvalue weighted by atomic mass is 32.2. The summed E-state index contributed by atoms with van der Waals surface area (Å²) in [6.45, 7) is 8.77. The number of pyridine rings is 2. The first kappa shape index (κ1) is 23.6. The zero-order chi connectivity index (χ0) is 24.1. The Hall–Kier alpha value is -3.55. The zero-order valence-electron chi connectivity index (χ0n) is 19.6. The molecule has 6 nitrogen and oxygen atoms in total. The van der Waals surface area contributed by atoms with Crippen molar-refractivity contribution in [3.8, 4) is 11.1 Å². The molecule has 172 valence electrons. The smallest absolute Gasteiger partial charge is 0.195 e. The van der Waals surface area contributed by atoms with Gasteiger partial charge in [-0.25, -0.2) is 0 Å². The fraction of sp³-hybridized carbons (Fsp3) is 0.185. The summed E-state index contributed by atoms with van der Waals surface area (Å²) in [5, 5.41) is 4.80. The lowest BCUT2D eigenvalue weighted by Crippen LogP contribution is -2.07. The fourth-order valence-corrected chi connectivity index (χ4v) is 4.33. The first-order valence-corrected chi connectivity index (χ1v) is 11.9. The van der Waals surface area contributed by atoms with Gasteiger partial charge in [0.05, 0.1) is 11.7 Å². The number of fused-ring (bicyclic) bond motifs is 1. The molecular formula is C27H27N5OS. The van der Waals surface area contributed by atoms with Gasteiger partial charge in [0.15, 0.2) is 5.43 Å². The summed E-state index contributed by atoms with van der Waals surface area (Å²) in [4.78, 5) is 22.3. The molecule has 34 heavy (non-hydrogen) atoms. The van der Waals surface area contributed by atoms with E-state index < -0.39 is 0 Å². The quantitative estimate of drug-likeness (QED) is 0.283. The number of hydrogen-bond acceptors (Lipinski definition) is 6. The number of aromatic nitrogens is 4. The molecule has 3 heterocycles. The van der Waals surface area contributed by atoms with E-state index in [1.807, 2.05) is 56.7 Å². The van der Waals surface area contributed by atoms with Crippen LogP contribution in [0.4, 0.5) is 0 Å². The van der Waals surface area contributed by atoms with Gasteiger partial charge in [-0.3, -0.25) is 24.2 Å². The minimum Gasteiger partial charge on any atom is -0.289 e. The van der Waals surface area contributed by atoms with Gasteiger partial charge >= 0.3 is 0 Å². The molecule has 0 bridgehead atoms. The van der Waals surface area contributed by atoms with Gasteiger partial charge < -0.3 is 0 Å². The van der Waals surface area contributed by atoms with E-state index in [0.717, 1.165) is 40.1 Å². The minimum atomic E-state index is -0.0575. The summed E-state index contributed by atoms with van der Waals surface area (Å²) in [6, 6.07) is 7.70. The van der Waals surface area contributed by atoms with Gasteiger partial charge in [-0.05, 0) is 48.7 Å². The topological polar surface area (TPSA) is 72.7 Å². The molecule has 1 aromatic carbocycles. The van der Waals surface area contributed by atoms with E-state index in [9.17, 15) is 4.79 Å². The Balaban J connectivity index is 1.61. The SMILES string of the molecule is C=Cc1ccc2ncc(-c3cnn(C)c3)cc2c(=O)c1/C=C(\C)CSNCc1ccncc1C. The van der Waals surface area contributed by atoms with Crippen molar-refractivity contribution in [2.24, 2.45) is 7.05 Å². The molecule has 0 atom stereocenters. The molecule has 0 radical (unpaired) electrons. The molecule has 0 aliphatic heterocycles. The van der Waals surface area contributed by atoms with Gasteiger partial charge in [0.1, 0.15) is 0 Å². The molecule has 4 rings (SSSR count). The van der Waals surface area contributed by atoms with Crippen LogP contribution in [0.25, 0.3) is 34.2 Å². The van der Waals surface area contributed by atoms with Crippen LogP contribution in [-0.2, 0) is 13.6 Å². The van der Waals surface area contributed by atoms with Crippen molar-refractivity contribution in [2.45, 2.75) is 20.4 Å². The van der Waals surface area contributed by atoms with Gasteiger partial charge in [0.2, 0.25) is 0 Å². The van der Waals surface area contributed by atoms with E-state index in [-0.39, 0.29) is 5.43 Å². The Labute approximate surface area is 203 Å². The maximum absolute atomic E-state index is 13.6.